The summed E-state index contributed by atoms with van der Waals surface area (Å²) in [4.78, 5) is 0. The van der Waals surface area contributed by atoms with Gasteiger partial charge in [0.25, 0.3) is 8.32 Å². The summed E-state index contributed by atoms with van der Waals surface area (Å²) in [7, 11) is -2.82. The predicted molar refractivity (Wildman–Crippen MR) is 174 cm³/mol. The number of hydrogen-bond donors (Lipinski definition) is 2. The molecular weight excluding hydrogens is 552 g/mol. The highest BCUT2D eigenvalue weighted by Crippen LogP contribution is 2.39. The highest BCUT2D eigenvalue weighted by molar-refractivity contribution is 6.99. The monoisotopic (exact) mass is 596 g/mol. The summed E-state index contributed by atoms with van der Waals surface area (Å²) in [6.45, 7) is 7.81. The van der Waals surface area contributed by atoms with E-state index in [1.54, 1.807) is 0 Å². The van der Waals surface area contributed by atoms with E-state index < -0.39 is 32.7 Å². The van der Waals surface area contributed by atoms with Gasteiger partial charge in [0.15, 0.2) is 0 Å². The number of hydrogen-bond acceptors (Lipinski definition) is 5. The minimum atomic E-state index is -2.82. The van der Waals surface area contributed by atoms with Crippen molar-refractivity contribution in [2.24, 2.45) is 5.92 Å². The van der Waals surface area contributed by atoms with Crippen molar-refractivity contribution in [3.63, 3.8) is 0 Å². The Morgan fingerprint density at radius 2 is 1.05 bits per heavy atom. The first kappa shape index (κ1) is 31.3. The molecule has 0 aliphatic heterocycles. The first-order valence-corrected chi connectivity index (χ1v) is 17.1. The Balaban J connectivity index is 1.48. The van der Waals surface area contributed by atoms with Crippen molar-refractivity contribution in [1.82, 2.24) is 0 Å². The standard InChI is InChI=1S/C37H44O5Si/c1-37(2,3)43(31-20-12-6-13-21-31,32-22-14-7-15-23-32)42-27-30-24-33(38)34(39)36(41-26-29-18-10-5-11-19-29)35(30)40-25-28-16-8-4-9-17-28/h4-23,30,33-36,38-39H,24-27H2,1-3H3/t30-,33-,34-,35+,36-/m1/s1. The van der Waals surface area contributed by atoms with Crippen LogP contribution in [0.4, 0.5) is 0 Å². The molecule has 1 fully saturated rings. The Hall–Kier alpha value is -3.10. The fourth-order valence-electron chi connectivity index (χ4n) is 6.38. The average Bonchev–Trinajstić information content (AvgIpc) is 3.03. The highest BCUT2D eigenvalue weighted by Gasteiger charge is 2.52. The van der Waals surface area contributed by atoms with Crippen LogP contribution in [-0.4, -0.2) is 49.6 Å². The third-order valence-electron chi connectivity index (χ3n) is 8.56. The van der Waals surface area contributed by atoms with Gasteiger partial charge in [-0.3, -0.25) is 0 Å². The first-order valence-electron chi connectivity index (χ1n) is 15.2. The van der Waals surface area contributed by atoms with Gasteiger partial charge in [0, 0.05) is 12.5 Å². The van der Waals surface area contributed by atoms with Crippen LogP contribution in [0.3, 0.4) is 0 Å². The molecule has 2 N–H and O–H groups in total. The van der Waals surface area contributed by atoms with Crippen LogP contribution in [0, 0.1) is 5.92 Å². The maximum absolute atomic E-state index is 11.2. The van der Waals surface area contributed by atoms with Crippen LogP contribution in [-0.2, 0) is 27.1 Å². The van der Waals surface area contributed by atoms with Crippen LogP contribution in [0.25, 0.3) is 0 Å². The second-order valence-corrected chi connectivity index (χ2v) is 16.9. The molecule has 4 aromatic carbocycles. The van der Waals surface area contributed by atoms with Gasteiger partial charge in [0.05, 0.1) is 25.4 Å². The lowest BCUT2D eigenvalue weighted by Gasteiger charge is -2.47. The van der Waals surface area contributed by atoms with Gasteiger partial charge in [-0.25, -0.2) is 0 Å². The number of aliphatic hydroxyl groups excluding tert-OH is 2. The lowest BCUT2D eigenvalue weighted by atomic mass is 9.81. The van der Waals surface area contributed by atoms with Crippen molar-refractivity contribution in [3.05, 3.63) is 132 Å². The third-order valence-corrected chi connectivity index (χ3v) is 13.6. The average molecular weight is 597 g/mol. The molecule has 0 bridgehead atoms. The summed E-state index contributed by atoms with van der Waals surface area (Å²) < 4.78 is 20.3. The van der Waals surface area contributed by atoms with Crippen LogP contribution in [0.1, 0.15) is 38.3 Å². The molecular formula is C37H44O5Si. The molecule has 1 saturated carbocycles. The number of aliphatic hydroxyl groups is 2. The van der Waals surface area contributed by atoms with E-state index in [9.17, 15) is 10.2 Å². The van der Waals surface area contributed by atoms with Gasteiger partial charge in [0.1, 0.15) is 12.2 Å². The quantitative estimate of drug-likeness (QED) is 0.225. The molecule has 0 saturated heterocycles. The summed E-state index contributed by atoms with van der Waals surface area (Å²) in [5.74, 6) is -0.204. The van der Waals surface area contributed by atoms with Crippen molar-refractivity contribution >= 4 is 18.7 Å². The summed E-state index contributed by atoms with van der Waals surface area (Å²) >= 11 is 0. The molecule has 0 amide bonds. The van der Waals surface area contributed by atoms with E-state index in [1.807, 2.05) is 72.8 Å². The van der Waals surface area contributed by atoms with Crippen LogP contribution in [0.15, 0.2) is 121 Å². The molecule has 4 aromatic rings. The van der Waals surface area contributed by atoms with E-state index >= 15 is 0 Å². The molecule has 43 heavy (non-hydrogen) atoms. The zero-order valence-electron chi connectivity index (χ0n) is 25.4. The molecule has 0 heterocycles. The topological polar surface area (TPSA) is 68.2 Å². The lowest BCUT2D eigenvalue weighted by Crippen LogP contribution is -2.67. The first-order chi connectivity index (χ1) is 20.8. The van der Waals surface area contributed by atoms with Crippen LogP contribution in [0.2, 0.25) is 5.04 Å². The minimum absolute atomic E-state index is 0.188. The van der Waals surface area contributed by atoms with Crippen molar-refractivity contribution in [2.75, 3.05) is 6.61 Å². The summed E-state index contributed by atoms with van der Waals surface area (Å²) in [5, 5.41) is 24.5. The molecule has 5 nitrogen and oxygen atoms in total. The molecule has 0 spiro atoms. The van der Waals surface area contributed by atoms with E-state index in [2.05, 4.69) is 69.3 Å². The Labute approximate surface area is 257 Å². The van der Waals surface area contributed by atoms with Gasteiger partial charge in [-0.15, -0.1) is 0 Å². The Kier molecular flexibility index (Phi) is 10.3. The zero-order chi connectivity index (χ0) is 30.3. The molecule has 0 radical (unpaired) electrons. The molecule has 6 heteroatoms. The molecule has 1 aliphatic rings. The maximum Gasteiger partial charge on any atom is 0.261 e. The molecule has 5 rings (SSSR count). The minimum Gasteiger partial charge on any atom is -0.407 e. The van der Waals surface area contributed by atoms with Gasteiger partial charge >= 0.3 is 0 Å². The van der Waals surface area contributed by atoms with Crippen molar-refractivity contribution in [1.29, 1.82) is 0 Å². The van der Waals surface area contributed by atoms with Crippen molar-refractivity contribution in [3.8, 4) is 0 Å². The van der Waals surface area contributed by atoms with Gasteiger partial charge in [0.2, 0.25) is 0 Å². The van der Waals surface area contributed by atoms with E-state index in [0.29, 0.717) is 26.2 Å². The summed E-state index contributed by atoms with van der Waals surface area (Å²) in [6, 6.07) is 41.0. The highest BCUT2D eigenvalue weighted by atomic mass is 28.4. The Bertz CT molecular complexity index is 1340. The van der Waals surface area contributed by atoms with Crippen LogP contribution < -0.4 is 10.4 Å². The molecule has 0 unspecified atom stereocenters. The Morgan fingerprint density at radius 1 is 0.628 bits per heavy atom. The third kappa shape index (κ3) is 7.18. The van der Waals surface area contributed by atoms with Crippen LogP contribution >= 0.6 is 0 Å². The molecule has 226 valence electrons. The molecule has 0 aromatic heterocycles. The zero-order valence-corrected chi connectivity index (χ0v) is 26.4. The van der Waals surface area contributed by atoms with Crippen molar-refractivity contribution < 1.29 is 24.1 Å². The van der Waals surface area contributed by atoms with E-state index in [-0.39, 0.29) is 11.0 Å². The predicted octanol–water partition coefficient (Wildman–Crippen LogP) is 5.48. The summed E-state index contributed by atoms with van der Waals surface area (Å²) in [5.41, 5.74) is 2.04. The van der Waals surface area contributed by atoms with Crippen molar-refractivity contribution in [2.45, 2.75) is 69.9 Å². The number of ether oxygens (including phenoxy) is 2. The molecule has 5 atom stereocenters. The smallest absolute Gasteiger partial charge is 0.261 e. The second kappa shape index (κ2) is 14.1. The maximum atomic E-state index is 11.2. The van der Waals surface area contributed by atoms with Crippen LogP contribution in [0.5, 0.6) is 0 Å². The summed E-state index contributed by atoms with van der Waals surface area (Å²) in [6.07, 6.45) is -2.89. The van der Waals surface area contributed by atoms with Gasteiger partial charge in [-0.1, -0.05) is 142 Å². The van der Waals surface area contributed by atoms with E-state index in [0.717, 1.165) is 11.1 Å². The van der Waals surface area contributed by atoms with E-state index in [4.69, 9.17) is 13.9 Å². The van der Waals surface area contributed by atoms with Gasteiger partial charge in [-0.05, 0) is 33.0 Å². The normalized spacial score (nSPS) is 22.8. The fourth-order valence-corrected chi connectivity index (χ4v) is 11.0. The fraction of sp³-hybridized carbons (Fsp3) is 0.351. The SMILES string of the molecule is CC(C)(C)[Si](OC[C@H]1C[C@@H](O)[C@@H](O)[C@@H](OCc2ccccc2)[C@H]1OCc1ccccc1)(c1ccccc1)c1ccccc1. The second-order valence-electron chi connectivity index (χ2n) is 12.6. The lowest BCUT2D eigenvalue weighted by molar-refractivity contribution is -0.205. The molecule has 1 aliphatic carbocycles. The number of benzene rings is 4. The van der Waals surface area contributed by atoms with E-state index in [1.165, 1.54) is 10.4 Å². The number of rotatable bonds is 11. The Morgan fingerprint density at radius 3 is 1.49 bits per heavy atom. The van der Waals surface area contributed by atoms with Gasteiger partial charge < -0.3 is 24.1 Å². The largest absolute Gasteiger partial charge is 0.407 e. The van der Waals surface area contributed by atoms with Gasteiger partial charge in [-0.2, -0.15) is 0 Å².